The summed E-state index contributed by atoms with van der Waals surface area (Å²) in [6, 6.07) is 16.8. The summed E-state index contributed by atoms with van der Waals surface area (Å²) < 4.78 is 16.0. The van der Waals surface area contributed by atoms with Gasteiger partial charge >= 0.3 is 5.97 Å². The predicted octanol–water partition coefficient (Wildman–Crippen LogP) is 3.49. The zero-order valence-electron chi connectivity index (χ0n) is 16.6. The number of ether oxygens (including phenoxy) is 3. The van der Waals surface area contributed by atoms with E-state index in [1.165, 1.54) is 0 Å². The molecule has 2 aromatic rings. The van der Waals surface area contributed by atoms with Crippen LogP contribution in [0.3, 0.4) is 0 Å². The average Bonchev–Trinajstić information content (AvgIpc) is 2.70. The lowest BCUT2D eigenvalue weighted by Gasteiger charge is -2.24. The normalized spacial score (nSPS) is 10.8. The van der Waals surface area contributed by atoms with Gasteiger partial charge in [0.2, 0.25) is 0 Å². The van der Waals surface area contributed by atoms with Crippen LogP contribution in [0.2, 0.25) is 0 Å². The van der Waals surface area contributed by atoms with Gasteiger partial charge in [0.05, 0.1) is 0 Å². The van der Waals surface area contributed by atoms with Crippen molar-refractivity contribution in [3.63, 3.8) is 0 Å². The van der Waals surface area contributed by atoms with Crippen LogP contribution in [-0.4, -0.2) is 30.6 Å². The highest BCUT2D eigenvalue weighted by molar-refractivity contribution is 5.81. The summed E-state index contributed by atoms with van der Waals surface area (Å²) in [5.74, 6) is 0.281. The fraction of sp³-hybridized carbons (Fsp3) is 0.364. The highest BCUT2D eigenvalue weighted by atomic mass is 16.6. The molecule has 2 rings (SSSR count). The van der Waals surface area contributed by atoms with Crippen molar-refractivity contribution >= 4 is 11.9 Å². The zero-order chi connectivity index (χ0) is 20.4. The smallest absolute Gasteiger partial charge is 0.344 e. The number of hydrogen-bond donors (Lipinski definition) is 1. The van der Waals surface area contributed by atoms with Gasteiger partial charge in [0.1, 0.15) is 18.1 Å². The van der Waals surface area contributed by atoms with Crippen molar-refractivity contribution < 1.29 is 23.8 Å². The summed E-state index contributed by atoms with van der Waals surface area (Å²) in [4.78, 5) is 23.5. The van der Waals surface area contributed by atoms with Crippen molar-refractivity contribution in [2.75, 3.05) is 13.2 Å². The minimum Gasteiger partial charge on any atom is -0.489 e. The number of carbonyl (C=O) groups excluding carboxylic acids is 2. The van der Waals surface area contributed by atoms with Gasteiger partial charge in [0.25, 0.3) is 5.91 Å². The van der Waals surface area contributed by atoms with Crippen molar-refractivity contribution in [2.24, 2.45) is 0 Å². The predicted molar refractivity (Wildman–Crippen MR) is 106 cm³/mol. The van der Waals surface area contributed by atoms with Crippen LogP contribution in [0, 0.1) is 0 Å². The minimum atomic E-state index is -0.603. The standard InChI is InChI=1S/C22H27NO5/c1-4-22(2,3)23-20(24)15-28-21(25)16-27-19-12-10-18(11-13-19)26-14-17-8-6-5-7-9-17/h5-13H,4,14-16H2,1-3H3,(H,23,24). The molecule has 150 valence electrons. The molecule has 0 fully saturated rings. The molecule has 2 aromatic carbocycles. The summed E-state index contributed by atoms with van der Waals surface area (Å²) >= 11 is 0. The van der Waals surface area contributed by atoms with Gasteiger partial charge in [0.15, 0.2) is 13.2 Å². The maximum absolute atomic E-state index is 11.8. The zero-order valence-corrected chi connectivity index (χ0v) is 16.6. The van der Waals surface area contributed by atoms with Gasteiger partial charge in [-0.1, -0.05) is 37.3 Å². The fourth-order valence-corrected chi connectivity index (χ4v) is 2.20. The molecule has 0 bridgehead atoms. The molecule has 0 unspecified atom stereocenters. The lowest BCUT2D eigenvalue weighted by molar-refractivity contribution is -0.150. The van der Waals surface area contributed by atoms with Crippen LogP contribution in [0.25, 0.3) is 0 Å². The van der Waals surface area contributed by atoms with Crippen LogP contribution in [0.1, 0.15) is 32.8 Å². The largest absolute Gasteiger partial charge is 0.489 e. The van der Waals surface area contributed by atoms with E-state index in [1.54, 1.807) is 24.3 Å². The van der Waals surface area contributed by atoms with E-state index in [-0.39, 0.29) is 24.7 Å². The molecular formula is C22H27NO5. The number of benzene rings is 2. The van der Waals surface area contributed by atoms with Crippen LogP contribution in [0.4, 0.5) is 0 Å². The van der Waals surface area contributed by atoms with E-state index >= 15 is 0 Å². The molecule has 0 radical (unpaired) electrons. The first-order chi connectivity index (χ1) is 13.4. The first kappa shape index (κ1) is 21.3. The minimum absolute atomic E-state index is 0.269. The Morgan fingerprint density at radius 3 is 2.11 bits per heavy atom. The van der Waals surface area contributed by atoms with E-state index in [4.69, 9.17) is 14.2 Å². The first-order valence-electron chi connectivity index (χ1n) is 9.24. The topological polar surface area (TPSA) is 73.9 Å². The third-order valence-electron chi connectivity index (χ3n) is 4.15. The van der Waals surface area contributed by atoms with Crippen molar-refractivity contribution in [2.45, 2.75) is 39.3 Å². The second-order valence-electron chi connectivity index (χ2n) is 6.98. The quantitative estimate of drug-likeness (QED) is 0.634. The van der Waals surface area contributed by atoms with Gasteiger partial charge < -0.3 is 19.5 Å². The molecule has 6 heteroatoms. The number of rotatable bonds is 10. The second kappa shape index (κ2) is 10.3. The van der Waals surface area contributed by atoms with Gasteiger partial charge in [-0.15, -0.1) is 0 Å². The van der Waals surface area contributed by atoms with E-state index in [2.05, 4.69) is 5.32 Å². The molecule has 0 atom stereocenters. The third-order valence-corrected chi connectivity index (χ3v) is 4.15. The van der Waals surface area contributed by atoms with Crippen molar-refractivity contribution in [1.29, 1.82) is 0 Å². The maximum Gasteiger partial charge on any atom is 0.344 e. The molecule has 0 spiro atoms. The summed E-state index contributed by atoms with van der Waals surface area (Å²) in [5.41, 5.74) is 0.751. The molecule has 0 aliphatic heterocycles. The molecule has 0 saturated heterocycles. The Kier molecular flexibility index (Phi) is 7.87. The van der Waals surface area contributed by atoms with Crippen LogP contribution in [0.5, 0.6) is 11.5 Å². The van der Waals surface area contributed by atoms with E-state index in [0.29, 0.717) is 18.1 Å². The molecule has 0 aliphatic rings. The number of carbonyl (C=O) groups is 2. The summed E-state index contributed by atoms with van der Waals surface area (Å²) in [7, 11) is 0. The SMILES string of the molecule is CCC(C)(C)NC(=O)COC(=O)COc1ccc(OCc2ccccc2)cc1. The highest BCUT2D eigenvalue weighted by Crippen LogP contribution is 2.18. The third kappa shape index (κ3) is 7.70. The fourth-order valence-electron chi connectivity index (χ4n) is 2.20. The molecule has 0 aromatic heterocycles. The van der Waals surface area contributed by atoms with E-state index in [0.717, 1.165) is 12.0 Å². The summed E-state index contributed by atoms with van der Waals surface area (Å²) in [6.45, 7) is 5.67. The molecule has 0 saturated carbocycles. The van der Waals surface area contributed by atoms with E-state index in [9.17, 15) is 9.59 Å². The van der Waals surface area contributed by atoms with Crippen LogP contribution >= 0.6 is 0 Å². The Hall–Kier alpha value is -3.02. The van der Waals surface area contributed by atoms with Crippen molar-refractivity contribution in [3.8, 4) is 11.5 Å². The van der Waals surface area contributed by atoms with Crippen LogP contribution in [-0.2, 0) is 20.9 Å². The number of amides is 1. The van der Waals surface area contributed by atoms with Crippen molar-refractivity contribution in [3.05, 3.63) is 60.2 Å². The summed E-state index contributed by atoms with van der Waals surface area (Å²) in [6.07, 6.45) is 0.779. The molecule has 1 amide bonds. The van der Waals surface area contributed by atoms with Gasteiger partial charge in [-0.25, -0.2) is 4.79 Å². The Morgan fingerprint density at radius 1 is 0.893 bits per heavy atom. The first-order valence-corrected chi connectivity index (χ1v) is 9.24. The molecule has 28 heavy (non-hydrogen) atoms. The Balaban J connectivity index is 1.69. The van der Waals surface area contributed by atoms with Gasteiger partial charge in [-0.05, 0) is 50.1 Å². The van der Waals surface area contributed by atoms with Gasteiger partial charge in [-0.3, -0.25) is 4.79 Å². The lowest BCUT2D eigenvalue weighted by atomic mass is 10.0. The van der Waals surface area contributed by atoms with E-state index < -0.39 is 5.97 Å². The molecule has 0 heterocycles. The Bertz CT molecular complexity index is 756. The Morgan fingerprint density at radius 2 is 1.50 bits per heavy atom. The Labute approximate surface area is 165 Å². The molecular weight excluding hydrogens is 358 g/mol. The van der Waals surface area contributed by atoms with Crippen LogP contribution in [0.15, 0.2) is 54.6 Å². The van der Waals surface area contributed by atoms with Gasteiger partial charge in [0, 0.05) is 5.54 Å². The average molecular weight is 385 g/mol. The maximum atomic E-state index is 11.8. The number of hydrogen-bond acceptors (Lipinski definition) is 5. The second-order valence-corrected chi connectivity index (χ2v) is 6.98. The number of nitrogens with one attached hydrogen (secondary N) is 1. The highest BCUT2D eigenvalue weighted by Gasteiger charge is 2.18. The van der Waals surface area contributed by atoms with Crippen molar-refractivity contribution in [1.82, 2.24) is 5.32 Å². The van der Waals surface area contributed by atoms with E-state index in [1.807, 2.05) is 51.1 Å². The van der Waals surface area contributed by atoms with Gasteiger partial charge in [-0.2, -0.15) is 0 Å². The summed E-state index contributed by atoms with van der Waals surface area (Å²) in [5, 5.41) is 2.79. The molecule has 0 aliphatic carbocycles. The van der Waals surface area contributed by atoms with Crippen LogP contribution < -0.4 is 14.8 Å². The number of esters is 1. The lowest BCUT2D eigenvalue weighted by Crippen LogP contribution is -2.44. The monoisotopic (exact) mass is 385 g/mol. The molecule has 6 nitrogen and oxygen atoms in total. The molecule has 1 N–H and O–H groups in total.